The minimum atomic E-state index is 0.0441. The molecule has 2 atom stereocenters. The molecule has 0 bridgehead atoms. The van der Waals surface area contributed by atoms with E-state index in [1.165, 1.54) is 260 Å². The van der Waals surface area contributed by atoms with Crippen LogP contribution in [-0.2, 0) is 4.79 Å². The first kappa shape index (κ1) is 71.7. The highest BCUT2D eigenvalue weighted by Gasteiger charge is 2.19. The first-order valence-corrected chi connectivity index (χ1v) is 32.6. The van der Waals surface area contributed by atoms with E-state index in [-0.39, 0.29) is 12.4 Å². The number of hydrogen-bond donors (Lipinski definition) is 0. The standard InChI is InChI=1S/C38H78.C23H33NO2.C11H14O2/c1-3-5-7-9-11-13-15-17-19-21-23-25-27-29-31-33-35-37-38-36-34-32-30-28-26-24-22-20-18-16-14-12-10-8-6-4-2;1-16-10-8-11-17(2)22(16)25-14-20(5)24(7)21(6)15-26-23-18(3)12-9-13-19(23)4;1-8-5-4-6-9(2)11(8)13-7-10(3)12/h3-38H2,1-2H3;8-13,20-21H,14-15H2,1-7H3;4-6H,7H2,1-3H3. The number of carbonyl (C=O) groups excluding carboxylic acids is 1. The number of aryl methyl sites for hydroxylation is 6. The van der Waals surface area contributed by atoms with Gasteiger partial charge in [-0.2, -0.15) is 0 Å². The Morgan fingerprint density at radius 3 is 0.714 bits per heavy atom. The van der Waals surface area contributed by atoms with Crippen molar-refractivity contribution in [1.82, 2.24) is 4.90 Å². The topological polar surface area (TPSA) is 48.0 Å². The number of likely N-dealkylation sites (N-methyl/N-ethyl adjacent to an activating group) is 1. The zero-order valence-corrected chi connectivity index (χ0v) is 53.0. The second kappa shape index (κ2) is 49.7. The van der Waals surface area contributed by atoms with Gasteiger partial charge in [-0.1, -0.05) is 300 Å². The number of carbonyl (C=O) groups is 1. The van der Waals surface area contributed by atoms with Gasteiger partial charge < -0.3 is 14.2 Å². The quantitative estimate of drug-likeness (QED) is 0.0528. The average Bonchev–Trinajstić information content (AvgIpc) is 3.40. The highest BCUT2D eigenvalue weighted by molar-refractivity contribution is 5.77. The molecule has 5 heteroatoms. The number of rotatable bonds is 46. The van der Waals surface area contributed by atoms with Crippen molar-refractivity contribution in [2.75, 3.05) is 26.9 Å². The van der Waals surface area contributed by atoms with Crippen molar-refractivity contribution in [3.05, 3.63) is 88.0 Å². The lowest BCUT2D eigenvalue weighted by atomic mass is 10.0. The highest BCUT2D eigenvalue weighted by atomic mass is 16.5. The molecule has 0 aliphatic rings. The molecule has 0 aliphatic heterocycles. The molecular formula is C72H125NO4. The maximum Gasteiger partial charge on any atom is 0.167 e. The van der Waals surface area contributed by atoms with Gasteiger partial charge in [-0.15, -0.1) is 0 Å². The lowest BCUT2D eigenvalue weighted by molar-refractivity contribution is -0.118. The Morgan fingerprint density at radius 2 is 0.532 bits per heavy atom. The molecule has 0 saturated heterocycles. The minimum Gasteiger partial charge on any atom is -0.491 e. The zero-order valence-electron chi connectivity index (χ0n) is 53.0. The van der Waals surface area contributed by atoms with Gasteiger partial charge in [0.1, 0.15) is 37.1 Å². The fourth-order valence-corrected chi connectivity index (χ4v) is 10.5. The monoisotopic (exact) mass is 1070 g/mol. The highest BCUT2D eigenvalue weighted by Crippen LogP contribution is 2.26. The number of para-hydroxylation sites is 3. The number of ketones is 1. The fraction of sp³-hybridized carbons (Fsp3) is 0.736. The van der Waals surface area contributed by atoms with Gasteiger partial charge in [0.2, 0.25) is 0 Å². The summed E-state index contributed by atoms with van der Waals surface area (Å²) >= 11 is 0. The predicted molar refractivity (Wildman–Crippen MR) is 339 cm³/mol. The summed E-state index contributed by atoms with van der Waals surface area (Å²) in [5, 5.41) is 0. The van der Waals surface area contributed by atoms with E-state index >= 15 is 0 Å². The van der Waals surface area contributed by atoms with Gasteiger partial charge in [0.15, 0.2) is 5.78 Å². The molecule has 0 N–H and O–H groups in total. The Balaban J connectivity index is 0.000000647. The van der Waals surface area contributed by atoms with E-state index in [9.17, 15) is 4.79 Å². The fourth-order valence-electron chi connectivity index (χ4n) is 10.5. The van der Waals surface area contributed by atoms with Gasteiger partial charge in [-0.25, -0.2) is 0 Å². The summed E-state index contributed by atoms with van der Waals surface area (Å²) in [6.07, 6.45) is 53.4. The molecular weight excluding hydrogens is 943 g/mol. The summed E-state index contributed by atoms with van der Waals surface area (Å²) in [5.74, 6) is 2.89. The van der Waals surface area contributed by atoms with Crippen LogP contribution in [0.1, 0.15) is 299 Å². The maximum absolute atomic E-state index is 10.7. The lowest BCUT2D eigenvalue weighted by Gasteiger charge is -2.31. The number of benzene rings is 3. The predicted octanol–water partition coefficient (Wildman–Crippen LogP) is 22.4. The van der Waals surface area contributed by atoms with Gasteiger partial charge in [0.05, 0.1) is 0 Å². The molecule has 77 heavy (non-hydrogen) atoms. The van der Waals surface area contributed by atoms with Crippen LogP contribution in [0.15, 0.2) is 54.6 Å². The summed E-state index contributed by atoms with van der Waals surface area (Å²) in [4.78, 5) is 13.0. The second-order valence-electron chi connectivity index (χ2n) is 23.7. The normalized spacial score (nSPS) is 11.9. The van der Waals surface area contributed by atoms with E-state index in [1.807, 2.05) is 32.0 Å². The summed E-state index contributed by atoms with van der Waals surface area (Å²) in [5.41, 5.74) is 6.89. The summed E-state index contributed by atoms with van der Waals surface area (Å²) in [7, 11) is 2.14. The molecule has 3 rings (SSSR count). The molecule has 5 nitrogen and oxygen atoms in total. The van der Waals surface area contributed by atoms with E-state index in [0.29, 0.717) is 25.3 Å². The molecule has 3 aromatic rings. The third-order valence-corrected chi connectivity index (χ3v) is 15.9. The molecule has 0 aromatic heterocycles. The van der Waals surface area contributed by atoms with Crippen LogP contribution in [0.5, 0.6) is 17.2 Å². The Labute approximate surface area is 479 Å². The molecule has 2 unspecified atom stereocenters. The van der Waals surface area contributed by atoms with Crippen molar-refractivity contribution in [3.8, 4) is 17.2 Å². The number of ether oxygens (including phenoxy) is 3. The van der Waals surface area contributed by atoms with Gasteiger partial charge in [-0.3, -0.25) is 9.69 Å². The van der Waals surface area contributed by atoms with Gasteiger partial charge in [0.25, 0.3) is 0 Å². The number of unbranched alkanes of at least 4 members (excludes halogenated alkanes) is 35. The third-order valence-electron chi connectivity index (χ3n) is 15.9. The summed E-state index contributed by atoms with van der Waals surface area (Å²) in [6.45, 7) is 24.3. The van der Waals surface area contributed by atoms with E-state index in [0.717, 1.165) is 28.4 Å². The Bertz CT molecular complexity index is 1660. The van der Waals surface area contributed by atoms with Crippen molar-refractivity contribution in [1.29, 1.82) is 0 Å². The van der Waals surface area contributed by atoms with Gasteiger partial charge in [-0.05, 0) is 103 Å². The first-order valence-electron chi connectivity index (χ1n) is 32.6. The second-order valence-corrected chi connectivity index (χ2v) is 23.7. The smallest absolute Gasteiger partial charge is 0.167 e. The van der Waals surface area contributed by atoms with E-state index in [2.05, 4.69) is 104 Å². The average molecular weight is 1070 g/mol. The lowest BCUT2D eigenvalue weighted by Crippen LogP contribution is -2.43. The third kappa shape index (κ3) is 38.9. The van der Waals surface area contributed by atoms with E-state index in [1.54, 1.807) is 0 Å². The molecule has 0 heterocycles. The number of nitrogens with zero attached hydrogens (tertiary/aromatic N) is 1. The minimum absolute atomic E-state index is 0.0441. The molecule has 0 radical (unpaired) electrons. The maximum atomic E-state index is 10.7. The van der Waals surface area contributed by atoms with Crippen LogP contribution in [-0.4, -0.2) is 49.6 Å². The van der Waals surface area contributed by atoms with Crippen molar-refractivity contribution >= 4 is 5.78 Å². The summed E-state index contributed by atoms with van der Waals surface area (Å²) < 4.78 is 17.6. The zero-order chi connectivity index (χ0) is 56.6. The molecule has 0 amide bonds. The number of hydrogen-bond acceptors (Lipinski definition) is 5. The van der Waals surface area contributed by atoms with Crippen LogP contribution in [0.25, 0.3) is 0 Å². The first-order chi connectivity index (χ1) is 37.3. The van der Waals surface area contributed by atoms with Crippen LogP contribution < -0.4 is 14.2 Å². The number of Topliss-reactive ketones (excluding diaryl/α,β-unsaturated/α-hetero) is 1. The molecule has 0 fully saturated rings. The van der Waals surface area contributed by atoms with Crippen LogP contribution in [0.4, 0.5) is 0 Å². The van der Waals surface area contributed by atoms with Gasteiger partial charge in [0, 0.05) is 12.1 Å². The Kier molecular flexibility index (Phi) is 46.3. The van der Waals surface area contributed by atoms with Crippen molar-refractivity contribution in [2.45, 2.75) is 319 Å². The van der Waals surface area contributed by atoms with Crippen LogP contribution in [0.3, 0.4) is 0 Å². The van der Waals surface area contributed by atoms with E-state index < -0.39 is 0 Å². The van der Waals surface area contributed by atoms with E-state index in [4.69, 9.17) is 14.2 Å². The molecule has 0 saturated carbocycles. The van der Waals surface area contributed by atoms with Crippen molar-refractivity contribution < 1.29 is 19.0 Å². The van der Waals surface area contributed by atoms with Gasteiger partial charge >= 0.3 is 0 Å². The van der Waals surface area contributed by atoms with Crippen LogP contribution in [0.2, 0.25) is 0 Å². The van der Waals surface area contributed by atoms with Crippen LogP contribution in [0, 0.1) is 41.5 Å². The Morgan fingerprint density at radius 1 is 0.351 bits per heavy atom. The Hall–Kier alpha value is -3.31. The van der Waals surface area contributed by atoms with Crippen molar-refractivity contribution in [2.24, 2.45) is 0 Å². The molecule has 0 spiro atoms. The SMILES string of the molecule is CC(=O)COc1c(C)cccc1C.CCCCCCCCCCCCCCCCCCCCCCCCCCCCCCCCCCCCCC.Cc1cccc(C)c1OCC(C)N(C)C(C)COc1c(C)cccc1C. The largest absolute Gasteiger partial charge is 0.491 e. The molecule has 0 aliphatic carbocycles. The summed E-state index contributed by atoms with van der Waals surface area (Å²) in [6, 6.07) is 19.0. The van der Waals surface area contributed by atoms with Crippen molar-refractivity contribution in [3.63, 3.8) is 0 Å². The van der Waals surface area contributed by atoms with Crippen LogP contribution >= 0.6 is 0 Å². The molecule has 442 valence electrons. The molecule has 3 aromatic carbocycles.